The summed E-state index contributed by atoms with van der Waals surface area (Å²) in [5.74, 6) is 0.594. The molecule has 0 aliphatic carbocycles. The highest BCUT2D eigenvalue weighted by molar-refractivity contribution is 6.69. The summed E-state index contributed by atoms with van der Waals surface area (Å²) >= 11 is 0. The average Bonchev–Trinajstić information content (AvgIpc) is 1.59. The Balaban J connectivity index is 3.54. The van der Waals surface area contributed by atoms with Gasteiger partial charge in [-0.3, -0.25) is 0 Å². The van der Waals surface area contributed by atoms with Gasteiger partial charge in [-0.05, 0) is 31.6 Å². The fourth-order valence-electron chi connectivity index (χ4n) is 0.401. The third-order valence-corrected chi connectivity index (χ3v) is 1.73. The second-order valence-electron chi connectivity index (χ2n) is 3.80. The number of allylic oxidation sites excluding steroid dienone is 1. The molecule has 10 heavy (non-hydrogen) atoms. The molecule has 0 aliphatic heterocycles. The van der Waals surface area contributed by atoms with Crippen molar-refractivity contribution in [3.05, 3.63) is 12.3 Å². The Labute approximate surface area is 65.2 Å². The Morgan fingerprint density at radius 2 is 1.70 bits per heavy atom. The predicted molar refractivity (Wildman–Crippen MR) is 48.4 cm³/mol. The van der Waals surface area contributed by atoms with E-state index in [-0.39, 0.29) is 0 Å². The van der Waals surface area contributed by atoms with Crippen molar-refractivity contribution in [3.63, 3.8) is 0 Å². The highest BCUT2D eigenvalue weighted by Crippen LogP contribution is 2.04. The standard InChI is InChI=1S/C8H18OSi/c1-8(2)6-7-9-10(3,4)5/h6-8H,1-5H3/b7-6+. The smallest absolute Gasteiger partial charge is 0.241 e. The van der Waals surface area contributed by atoms with Crippen molar-refractivity contribution in [2.24, 2.45) is 5.92 Å². The first-order valence-corrected chi connectivity index (χ1v) is 7.17. The lowest BCUT2D eigenvalue weighted by Gasteiger charge is -2.14. The second-order valence-corrected chi connectivity index (χ2v) is 8.26. The summed E-state index contributed by atoms with van der Waals surface area (Å²) in [5, 5.41) is 0. The van der Waals surface area contributed by atoms with Crippen LogP contribution >= 0.6 is 0 Å². The van der Waals surface area contributed by atoms with Crippen LogP contribution in [0.4, 0.5) is 0 Å². The normalized spacial score (nSPS) is 13.0. The van der Waals surface area contributed by atoms with Crippen molar-refractivity contribution in [1.29, 1.82) is 0 Å². The molecule has 0 amide bonds. The summed E-state index contributed by atoms with van der Waals surface area (Å²) in [6.45, 7) is 10.8. The van der Waals surface area contributed by atoms with Crippen molar-refractivity contribution in [2.75, 3.05) is 0 Å². The molecule has 0 heterocycles. The van der Waals surface area contributed by atoms with Crippen LogP contribution < -0.4 is 0 Å². The molecule has 0 N–H and O–H groups in total. The topological polar surface area (TPSA) is 9.23 Å². The van der Waals surface area contributed by atoms with E-state index in [1.54, 1.807) is 0 Å². The third kappa shape index (κ3) is 7.76. The molecule has 60 valence electrons. The molecule has 0 aromatic rings. The van der Waals surface area contributed by atoms with Gasteiger partial charge >= 0.3 is 0 Å². The summed E-state index contributed by atoms with van der Waals surface area (Å²) in [6, 6.07) is 0. The van der Waals surface area contributed by atoms with Gasteiger partial charge in [0.25, 0.3) is 0 Å². The van der Waals surface area contributed by atoms with E-state index in [0.29, 0.717) is 5.92 Å². The predicted octanol–water partition coefficient (Wildman–Crippen LogP) is 3.01. The van der Waals surface area contributed by atoms with Crippen molar-refractivity contribution >= 4 is 8.32 Å². The highest BCUT2D eigenvalue weighted by atomic mass is 28.4. The molecule has 0 atom stereocenters. The van der Waals surface area contributed by atoms with E-state index in [1.165, 1.54) is 0 Å². The Kier molecular flexibility index (Phi) is 3.72. The molecule has 0 bridgehead atoms. The van der Waals surface area contributed by atoms with E-state index in [1.807, 2.05) is 6.26 Å². The van der Waals surface area contributed by atoms with Gasteiger partial charge in [-0.15, -0.1) is 0 Å². The fourth-order valence-corrected chi connectivity index (χ4v) is 0.887. The van der Waals surface area contributed by atoms with Crippen LogP contribution in [0.25, 0.3) is 0 Å². The van der Waals surface area contributed by atoms with E-state index >= 15 is 0 Å². The minimum atomic E-state index is -1.31. The molecular weight excluding hydrogens is 140 g/mol. The van der Waals surface area contributed by atoms with E-state index < -0.39 is 8.32 Å². The summed E-state index contributed by atoms with van der Waals surface area (Å²) in [7, 11) is -1.31. The van der Waals surface area contributed by atoms with Crippen LogP contribution in [0.3, 0.4) is 0 Å². The van der Waals surface area contributed by atoms with Crippen LogP contribution in [0.15, 0.2) is 12.3 Å². The maximum absolute atomic E-state index is 5.50. The average molecular weight is 158 g/mol. The van der Waals surface area contributed by atoms with Gasteiger partial charge in [0.2, 0.25) is 8.32 Å². The highest BCUT2D eigenvalue weighted by Gasteiger charge is 2.12. The van der Waals surface area contributed by atoms with Crippen LogP contribution in [0.5, 0.6) is 0 Å². The molecule has 1 nitrogen and oxygen atoms in total. The van der Waals surface area contributed by atoms with E-state index in [0.717, 1.165) is 0 Å². The van der Waals surface area contributed by atoms with Crippen molar-refractivity contribution in [3.8, 4) is 0 Å². The summed E-state index contributed by atoms with van der Waals surface area (Å²) in [4.78, 5) is 0. The molecule has 0 saturated carbocycles. The molecule has 0 unspecified atom stereocenters. The summed E-state index contributed by atoms with van der Waals surface area (Å²) in [6.07, 6.45) is 3.93. The second kappa shape index (κ2) is 3.81. The first kappa shape index (κ1) is 9.76. The van der Waals surface area contributed by atoms with E-state index in [4.69, 9.17) is 4.43 Å². The van der Waals surface area contributed by atoms with Crippen molar-refractivity contribution < 1.29 is 4.43 Å². The Morgan fingerprint density at radius 3 is 2.00 bits per heavy atom. The van der Waals surface area contributed by atoms with Crippen LogP contribution in [0.2, 0.25) is 19.6 Å². The van der Waals surface area contributed by atoms with Gasteiger partial charge in [0.1, 0.15) is 0 Å². The van der Waals surface area contributed by atoms with Crippen LogP contribution in [0, 0.1) is 5.92 Å². The molecule has 0 rings (SSSR count). The van der Waals surface area contributed by atoms with Gasteiger partial charge in [0, 0.05) is 0 Å². The first-order valence-electron chi connectivity index (χ1n) is 3.76. The number of hydrogen-bond donors (Lipinski definition) is 0. The van der Waals surface area contributed by atoms with Gasteiger partial charge < -0.3 is 4.43 Å². The number of hydrogen-bond acceptors (Lipinski definition) is 1. The minimum absolute atomic E-state index is 0.594. The Hall–Kier alpha value is -0.243. The lowest BCUT2D eigenvalue weighted by molar-refractivity contribution is 0.473. The molecule has 0 saturated heterocycles. The van der Waals surface area contributed by atoms with Crippen LogP contribution in [0.1, 0.15) is 13.8 Å². The molecule has 0 spiro atoms. The first-order chi connectivity index (χ1) is 4.42. The largest absolute Gasteiger partial charge is 0.550 e. The lowest BCUT2D eigenvalue weighted by Crippen LogP contribution is -2.21. The molecule has 0 aromatic carbocycles. The van der Waals surface area contributed by atoms with Gasteiger partial charge in [0.05, 0.1) is 6.26 Å². The van der Waals surface area contributed by atoms with E-state index in [2.05, 4.69) is 39.6 Å². The molecule has 0 aromatic heterocycles. The molecule has 0 radical (unpaired) electrons. The number of rotatable bonds is 3. The van der Waals surface area contributed by atoms with Crippen molar-refractivity contribution in [2.45, 2.75) is 33.5 Å². The van der Waals surface area contributed by atoms with Crippen LogP contribution in [-0.4, -0.2) is 8.32 Å². The lowest BCUT2D eigenvalue weighted by atomic mass is 10.2. The minimum Gasteiger partial charge on any atom is -0.550 e. The van der Waals surface area contributed by atoms with Gasteiger partial charge in [-0.25, -0.2) is 0 Å². The fraction of sp³-hybridized carbons (Fsp3) is 0.750. The zero-order valence-corrected chi connectivity index (χ0v) is 8.64. The monoisotopic (exact) mass is 158 g/mol. The Bertz CT molecular complexity index is 111. The quantitative estimate of drug-likeness (QED) is 0.453. The zero-order valence-electron chi connectivity index (χ0n) is 7.64. The van der Waals surface area contributed by atoms with Gasteiger partial charge in [-0.2, -0.15) is 0 Å². The SMILES string of the molecule is CC(C)/C=C/O[Si](C)(C)C. The van der Waals surface area contributed by atoms with E-state index in [9.17, 15) is 0 Å². The molecule has 2 heteroatoms. The molecule has 0 fully saturated rings. The zero-order chi connectivity index (χ0) is 8.20. The maximum atomic E-state index is 5.50. The summed E-state index contributed by atoms with van der Waals surface area (Å²) < 4.78 is 5.50. The summed E-state index contributed by atoms with van der Waals surface area (Å²) in [5.41, 5.74) is 0. The molecule has 0 aliphatic rings. The molecular formula is C8H18OSi. The maximum Gasteiger partial charge on any atom is 0.241 e. The van der Waals surface area contributed by atoms with Crippen molar-refractivity contribution in [1.82, 2.24) is 0 Å². The van der Waals surface area contributed by atoms with Gasteiger partial charge in [-0.1, -0.05) is 13.8 Å². The van der Waals surface area contributed by atoms with Gasteiger partial charge in [0.15, 0.2) is 0 Å². The Morgan fingerprint density at radius 1 is 1.20 bits per heavy atom. The van der Waals surface area contributed by atoms with Crippen LogP contribution in [-0.2, 0) is 4.43 Å². The third-order valence-electron chi connectivity index (χ3n) is 0.885.